The molecule has 0 spiro atoms. The molecule has 0 heterocycles. The van der Waals surface area contributed by atoms with Crippen LogP contribution in [0.3, 0.4) is 0 Å². The van der Waals surface area contributed by atoms with E-state index in [2.05, 4.69) is 4.31 Å². The van der Waals surface area contributed by atoms with Crippen LogP contribution in [0.1, 0.15) is 7.43 Å². The second-order valence-electron chi connectivity index (χ2n) is 0.634. The standard InChI is InChI=1S/CH4.H3N.H4O5P2/c;;1-6(2)5-7(3)4/h1H4;1H3;6-7H,(H,1,2)(H,3,4). The van der Waals surface area contributed by atoms with Gasteiger partial charge in [0.2, 0.25) is 0 Å². The van der Waals surface area contributed by atoms with E-state index in [1.807, 2.05) is 0 Å². The lowest BCUT2D eigenvalue weighted by Crippen LogP contribution is -1.58. The van der Waals surface area contributed by atoms with Crippen LogP contribution in [0.4, 0.5) is 0 Å². The van der Waals surface area contributed by atoms with Crippen molar-refractivity contribution in [2.75, 3.05) is 0 Å². The molecule has 0 radical (unpaired) electrons. The van der Waals surface area contributed by atoms with Gasteiger partial charge in [0, 0.05) is 0 Å². The summed E-state index contributed by atoms with van der Waals surface area (Å²) in [5.41, 5.74) is 0. The van der Waals surface area contributed by atoms with Crippen LogP contribution in [-0.2, 0) is 13.4 Å². The Kier molecular flexibility index (Phi) is 14.9. The van der Waals surface area contributed by atoms with Crippen LogP contribution in [0.15, 0.2) is 0 Å². The Morgan fingerprint density at radius 1 is 1.11 bits per heavy atom. The molecule has 0 aromatic carbocycles. The van der Waals surface area contributed by atoms with Gasteiger partial charge in [0.15, 0.2) is 0 Å². The maximum absolute atomic E-state index is 9.44. The quantitative estimate of drug-likeness (QED) is 0.533. The normalized spacial score (nSPS) is 14.4. The van der Waals surface area contributed by atoms with E-state index in [1.54, 1.807) is 0 Å². The van der Waals surface area contributed by atoms with Crippen molar-refractivity contribution >= 4 is 16.5 Å². The zero-order valence-electron chi connectivity index (χ0n) is 3.83. The van der Waals surface area contributed by atoms with E-state index in [9.17, 15) is 9.13 Å². The van der Waals surface area contributed by atoms with E-state index in [1.165, 1.54) is 0 Å². The Balaban J connectivity index is -0.000000180. The van der Waals surface area contributed by atoms with Gasteiger partial charge in [-0.3, -0.25) is 9.13 Å². The summed E-state index contributed by atoms with van der Waals surface area (Å²) in [7, 11) is -6.40. The molecule has 9 heavy (non-hydrogen) atoms. The van der Waals surface area contributed by atoms with Gasteiger partial charge in [0.05, 0.1) is 0 Å². The van der Waals surface area contributed by atoms with Gasteiger partial charge in [-0.1, -0.05) is 7.43 Å². The van der Waals surface area contributed by atoms with Gasteiger partial charge in [0.1, 0.15) is 0 Å². The third-order valence-corrected chi connectivity index (χ3v) is 1.57. The van der Waals surface area contributed by atoms with Crippen molar-refractivity contribution in [1.29, 1.82) is 0 Å². The SMILES string of the molecule is C.N.O=[PH](O)O[PH](=O)O. The first-order valence-electron chi connectivity index (χ1n) is 1.26. The summed E-state index contributed by atoms with van der Waals surface area (Å²) in [5, 5.41) is 0. The van der Waals surface area contributed by atoms with Crippen molar-refractivity contribution in [3.8, 4) is 0 Å². The topological polar surface area (TPSA) is 119 Å². The summed E-state index contributed by atoms with van der Waals surface area (Å²) in [6, 6.07) is 0. The van der Waals surface area contributed by atoms with Crippen LogP contribution >= 0.6 is 16.5 Å². The van der Waals surface area contributed by atoms with Crippen LogP contribution < -0.4 is 6.15 Å². The third kappa shape index (κ3) is 17.8. The summed E-state index contributed by atoms with van der Waals surface area (Å²) < 4.78 is 22.3. The van der Waals surface area contributed by atoms with Crippen molar-refractivity contribution in [2.24, 2.45) is 0 Å². The first-order valence-corrected chi connectivity index (χ1v) is 3.79. The first kappa shape index (κ1) is 16.1. The van der Waals surface area contributed by atoms with Crippen molar-refractivity contribution in [3.63, 3.8) is 0 Å². The molecule has 60 valence electrons. The molecule has 0 aromatic rings. The minimum atomic E-state index is -3.20. The molecule has 8 heteroatoms. The minimum absolute atomic E-state index is 0. The van der Waals surface area contributed by atoms with Crippen LogP contribution in [0.5, 0.6) is 0 Å². The third-order valence-electron chi connectivity index (χ3n) is 0.175. The molecule has 0 aliphatic heterocycles. The Bertz CT molecular complexity index is 91.1. The fourth-order valence-electron chi connectivity index (χ4n) is 0.0747. The molecule has 6 nitrogen and oxygen atoms in total. The van der Waals surface area contributed by atoms with Gasteiger partial charge in [-0.05, 0) is 0 Å². The molecule has 0 bridgehead atoms. The summed E-state index contributed by atoms with van der Waals surface area (Å²) in [5.74, 6) is 0. The fourth-order valence-corrected chi connectivity index (χ4v) is 0.672. The molecule has 0 rings (SSSR count). The zero-order valence-corrected chi connectivity index (χ0v) is 5.83. The van der Waals surface area contributed by atoms with Crippen molar-refractivity contribution in [2.45, 2.75) is 7.43 Å². The summed E-state index contributed by atoms with van der Waals surface area (Å²) in [6.45, 7) is 0. The average molecular weight is 179 g/mol. The molecular weight excluding hydrogens is 168 g/mol. The Morgan fingerprint density at radius 2 is 1.33 bits per heavy atom. The van der Waals surface area contributed by atoms with E-state index in [4.69, 9.17) is 9.79 Å². The van der Waals surface area contributed by atoms with E-state index < -0.39 is 16.5 Å². The molecule has 0 aliphatic rings. The second kappa shape index (κ2) is 8.30. The highest BCUT2D eigenvalue weighted by Gasteiger charge is 1.93. The largest absolute Gasteiger partial charge is 0.344 e. The molecule has 0 aromatic heterocycles. The molecule has 0 amide bonds. The zero-order chi connectivity index (χ0) is 5.86. The van der Waals surface area contributed by atoms with E-state index >= 15 is 0 Å². The van der Waals surface area contributed by atoms with Gasteiger partial charge in [0.25, 0.3) is 0 Å². The number of hydrogen-bond acceptors (Lipinski definition) is 4. The number of rotatable bonds is 2. The van der Waals surface area contributed by atoms with E-state index in [0.717, 1.165) is 0 Å². The lowest BCUT2D eigenvalue weighted by molar-refractivity contribution is 0.371. The monoisotopic (exact) mass is 179 g/mol. The summed E-state index contributed by atoms with van der Waals surface area (Å²) >= 11 is 0. The van der Waals surface area contributed by atoms with E-state index in [-0.39, 0.29) is 13.6 Å². The molecule has 0 saturated heterocycles. The highest BCUT2D eigenvalue weighted by molar-refractivity contribution is 7.46. The highest BCUT2D eigenvalue weighted by atomic mass is 31.2. The lowest BCUT2D eigenvalue weighted by atomic mass is 12.0. The number of hydrogen-bond donors (Lipinski definition) is 3. The predicted molar refractivity (Wildman–Crippen MR) is 35.3 cm³/mol. The van der Waals surface area contributed by atoms with Gasteiger partial charge >= 0.3 is 16.5 Å². The molecule has 5 N–H and O–H groups in total. The van der Waals surface area contributed by atoms with Crippen LogP contribution in [-0.4, -0.2) is 9.79 Å². The van der Waals surface area contributed by atoms with Crippen LogP contribution in [0, 0.1) is 0 Å². The van der Waals surface area contributed by atoms with Gasteiger partial charge in [-0.15, -0.1) is 0 Å². The molecule has 0 fully saturated rings. The predicted octanol–water partition coefficient (Wildman–Crippen LogP) is 0.565. The minimum Gasteiger partial charge on any atom is -0.344 e. The summed E-state index contributed by atoms with van der Waals surface area (Å²) in [4.78, 5) is 15.4. The Morgan fingerprint density at radius 3 is 1.33 bits per heavy atom. The van der Waals surface area contributed by atoms with Crippen LogP contribution in [0.2, 0.25) is 0 Å². The highest BCUT2D eigenvalue weighted by Crippen LogP contribution is 2.30. The van der Waals surface area contributed by atoms with Crippen molar-refractivity contribution < 1.29 is 23.2 Å². The van der Waals surface area contributed by atoms with Crippen molar-refractivity contribution in [1.82, 2.24) is 6.15 Å². The van der Waals surface area contributed by atoms with Gasteiger partial charge in [-0.25, -0.2) is 4.31 Å². The van der Waals surface area contributed by atoms with E-state index in [0.29, 0.717) is 0 Å². The van der Waals surface area contributed by atoms with Gasteiger partial charge < -0.3 is 15.9 Å². The lowest BCUT2D eigenvalue weighted by Gasteiger charge is -1.86. The fraction of sp³-hybridized carbons (Fsp3) is 1.00. The molecular formula is CH11NO5P2. The van der Waals surface area contributed by atoms with Crippen LogP contribution in [0.25, 0.3) is 0 Å². The second-order valence-corrected chi connectivity index (χ2v) is 2.51. The molecule has 0 aliphatic carbocycles. The first-order chi connectivity index (χ1) is 3.13. The summed E-state index contributed by atoms with van der Waals surface area (Å²) in [6.07, 6.45) is 0. The van der Waals surface area contributed by atoms with Gasteiger partial charge in [-0.2, -0.15) is 0 Å². The molecule has 2 unspecified atom stereocenters. The Labute approximate surface area is 54.3 Å². The maximum Gasteiger partial charge on any atom is 0.323 e. The Hall–Kier alpha value is 0.300. The van der Waals surface area contributed by atoms with Crippen molar-refractivity contribution in [3.05, 3.63) is 0 Å². The average Bonchev–Trinajstić information content (AvgIpc) is 1.27. The maximum atomic E-state index is 9.44. The molecule has 0 saturated carbocycles. The smallest absolute Gasteiger partial charge is 0.323 e. The molecule has 2 atom stereocenters.